The number of hydrogen-bond acceptors (Lipinski definition) is 3. The van der Waals surface area contributed by atoms with E-state index in [-0.39, 0.29) is 0 Å². The fraction of sp³-hybridized carbons (Fsp3) is 0.579. The van der Waals surface area contributed by atoms with Crippen molar-refractivity contribution in [2.45, 2.75) is 57.5 Å². The predicted molar refractivity (Wildman–Crippen MR) is 104 cm³/mol. The van der Waals surface area contributed by atoms with Crippen LogP contribution in [0.3, 0.4) is 0 Å². The summed E-state index contributed by atoms with van der Waals surface area (Å²) in [6.07, 6.45) is 9.14. The lowest BCUT2D eigenvalue weighted by molar-refractivity contribution is 0.155. The van der Waals surface area contributed by atoms with Crippen LogP contribution in [0, 0.1) is 0 Å². The van der Waals surface area contributed by atoms with E-state index in [2.05, 4.69) is 32.9 Å². The zero-order valence-electron chi connectivity index (χ0n) is 14.3. The maximum atomic E-state index is 5.31. The molecule has 1 aromatic rings. The molecule has 5 heteroatoms. The van der Waals surface area contributed by atoms with Gasteiger partial charge in [0.2, 0.25) is 0 Å². The molecule has 2 fully saturated rings. The molecule has 1 saturated carbocycles. The van der Waals surface area contributed by atoms with E-state index in [0.717, 1.165) is 38.5 Å². The van der Waals surface area contributed by atoms with Gasteiger partial charge < -0.3 is 5.32 Å². The van der Waals surface area contributed by atoms with Crippen molar-refractivity contribution in [3.05, 3.63) is 35.9 Å². The zero-order chi connectivity index (χ0) is 16.6. The van der Waals surface area contributed by atoms with Gasteiger partial charge in [-0.05, 0) is 30.6 Å². The van der Waals surface area contributed by atoms with Gasteiger partial charge in [-0.1, -0.05) is 49.6 Å². The number of benzene rings is 1. The molecule has 4 nitrogen and oxygen atoms in total. The van der Waals surface area contributed by atoms with Gasteiger partial charge in [0.1, 0.15) is 0 Å². The molecule has 1 aliphatic heterocycles. The molecule has 0 spiro atoms. The molecule has 0 aromatic heterocycles. The van der Waals surface area contributed by atoms with Crippen molar-refractivity contribution >= 4 is 23.0 Å². The van der Waals surface area contributed by atoms with Crippen molar-refractivity contribution in [1.82, 2.24) is 15.6 Å². The third-order valence-corrected chi connectivity index (χ3v) is 5.31. The second-order valence-corrected chi connectivity index (χ2v) is 7.19. The number of nitrogens with one attached hydrogen (secondary N) is 2. The molecule has 1 aliphatic carbocycles. The number of hydrazone groups is 1. The highest BCUT2D eigenvalue weighted by Crippen LogP contribution is 2.24. The number of rotatable bonds is 4. The van der Waals surface area contributed by atoms with Gasteiger partial charge in [-0.15, -0.1) is 0 Å². The largest absolute Gasteiger partial charge is 0.357 e. The molecular weight excluding hydrogens is 316 g/mol. The SMILES string of the molecule is S=C(NCc1ccccc1)NN=C1CCN(C2CCCCC2)CC1. The third-order valence-electron chi connectivity index (χ3n) is 5.08. The third kappa shape index (κ3) is 5.28. The number of likely N-dealkylation sites (tertiary alicyclic amines) is 1. The first-order valence-electron chi connectivity index (χ1n) is 9.18. The van der Waals surface area contributed by atoms with Crippen LogP contribution in [0.5, 0.6) is 0 Å². The summed E-state index contributed by atoms with van der Waals surface area (Å²) in [5.41, 5.74) is 5.47. The Morgan fingerprint density at radius 2 is 1.79 bits per heavy atom. The summed E-state index contributed by atoms with van der Waals surface area (Å²) in [5.74, 6) is 0. The lowest BCUT2D eigenvalue weighted by Crippen LogP contribution is -2.43. The van der Waals surface area contributed by atoms with Gasteiger partial charge in [0.25, 0.3) is 0 Å². The Hall–Kier alpha value is -1.46. The molecule has 3 rings (SSSR count). The Bertz CT molecular complexity index is 542. The normalized spacial score (nSPS) is 19.8. The maximum Gasteiger partial charge on any atom is 0.187 e. The van der Waals surface area contributed by atoms with E-state index in [1.807, 2.05) is 18.2 Å². The van der Waals surface area contributed by atoms with Gasteiger partial charge in [0, 0.05) is 44.2 Å². The molecule has 1 saturated heterocycles. The second-order valence-electron chi connectivity index (χ2n) is 6.79. The van der Waals surface area contributed by atoms with E-state index in [1.54, 1.807) is 0 Å². The Morgan fingerprint density at radius 3 is 2.50 bits per heavy atom. The molecule has 0 radical (unpaired) electrons. The van der Waals surface area contributed by atoms with E-state index >= 15 is 0 Å². The fourth-order valence-corrected chi connectivity index (χ4v) is 3.77. The summed E-state index contributed by atoms with van der Waals surface area (Å²) >= 11 is 5.31. The molecule has 1 heterocycles. The summed E-state index contributed by atoms with van der Waals surface area (Å²) in [6, 6.07) is 11.1. The van der Waals surface area contributed by atoms with Gasteiger partial charge in [-0.25, -0.2) is 0 Å². The van der Waals surface area contributed by atoms with E-state index < -0.39 is 0 Å². The van der Waals surface area contributed by atoms with Crippen LogP contribution in [-0.4, -0.2) is 34.9 Å². The van der Waals surface area contributed by atoms with Crippen molar-refractivity contribution < 1.29 is 0 Å². The van der Waals surface area contributed by atoms with Gasteiger partial charge in [0.15, 0.2) is 5.11 Å². The predicted octanol–water partition coefficient (Wildman–Crippen LogP) is 3.44. The Morgan fingerprint density at radius 1 is 1.08 bits per heavy atom. The summed E-state index contributed by atoms with van der Waals surface area (Å²) in [7, 11) is 0. The average Bonchev–Trinajstić information content (AvgIpc) is 2.67. The Kier molecular flexibility index (Phi) is 6.61. The Balaban J connectivity index is 1.37. The van der Waals surface area contributed by atoms with Crippen LogP contribution >= 0.6 is 12.2 Å². The summed E-state index contributed by atoms with van der Waals surface area (Å²) in [5, 5.41) is 8.31. The van der Waals surface area contributed by atoms with Crippen molar-refractivity contribution in [3.63, 3.8) is 0 Å². The molecule has 1 aromatic carbocycles. The fourth-order valence-electron chi connectivity index (χ4n) is 3.65. The topological polar surface area (TPSA) is 39.7 Å². The number of piperidine rings is 1. The molecule has 0 unspecified atom stereocenters. The molecular formula is C19H28N4S. The van der Waals surface area contributed by atoms with E-state index in [0.29, 0.717) is 5.11 Å². The van der Waals surface area contributed by atoms with Crippen LogP contribution in [0.25, 0.3) is 0 Å². The van der Waals surface area contributed by atoms with Crippen LogP contribution < -0.4 is 10.7 Å². The summed E-state index contributed by atoms with van der Waals surface area (Å²) in [4.78, 5) is 2.67. The van der Waals surface area contributed by atoms with Crippen LogP contribution in [0.4, 0.5) is 0 Å². The highest BCUT2D eigenvalue weighted by Gasteiger charge is 2.24. The molecule has 0 amide bonds. The van der Waals surface area contributed by atoms with Crippen molar-refractivity contribution in [2.24, 2.45) is 5.10 Å². The highest BCUT2D eigenvalue weighted by molar-refractivity contribution is 7.80. The lowest BCUT2D eigenvalue weighted by Gasteiger charge is -2.37. The minimum Gasteiger partial charge on any atom is -0.357 e. The molecule has 130 valence electrons. The average molecular weight is 345 g/mol. The molecule has 0 atom stereocenters. The van der Waals surface area contributed by atoms with Gasteiger partial charge in [-0.3, -0.25) is 10.3 Å². The lowest BCUT2D eigenvalue weighted by atomic mass is 9.92. The number of hydrogen-bond donors (Lipinski definition) is 2. The second kappa shape index (κ2) is 9.14. The molecule has 24 heavy (non-hydrogen) atoms. The minimum absolute atomic E-state index is 0.598. The molecule has 2 aliphatic rings. The van der Waals surface area contributed by atoms with E-state index in [1.165, 1.54) is 43.4 Å². The van der Waals surface area contributed by atoms with Crippen molar-refractivity contribution in [2.75, 3.05) is 13.1 Å². The maximum absolute atomic E-state index is 5.31. The first kappa shape index (κ1) is 17.4. The van der Waals surface area contributed by atoms with Gasteiger partial charge >= 0.3 is 0 Å². The van der Waals surface area contributed by atoms with Crippen LogP contribution in [0.1, 0.15) is 50.5 Å². The van der Waals surface area contributed by atoms with Crippen LogP contribution in [-0.2, 0) is 6.54 Å². The van der Waals surface area contributed by atoms with E-state index in [9.17, 15) is 0 Å². The monoisotopic (exact) mass is 344 g/mol. The van der Waals surface area contributed by atoms with Crippen molar-refractivity contribution in [3.8, 4) is 0 Å². The zero-order valence-corrected chi connectivity index (χ0v) is 15.2. The van der Waals surface area contributed by atoms with Crippen molar-refractivity contribution in [1.29, 1.82) is 0 Å². The van der Waals surface area contributed by atoms with Gasteiger partial charge in [-0.2, -0.15) is 5.10 Å². The molecule has 2 N–H and O–H groups in total. The van der Waals surface area contributed by atoms with Gasteiger partial charge in [0.05, 0.1) is 0 Å². The first-order valence-corrected chi connectivity index (χ1v) is 9.59. The summed E-state index contributed by atoms with van der Waals surface area (Å²) < 4.78 is 0. The minimum atomic E-state index is 0.598. The number of nitrogens with zero attached hydrogens (tertiary/aromatic N) is 2. The smallest absolute Gasteiger partial charge is 0.187 e. The van der Waals surface area contributed by atoms with Crippen LogP contribution in [0.2, 0.25) is 0 Å². The molecule has 0 bridgehead atoms. The Labute approximate surface area is 150 Å². The number of thiocarbonyl (C=S) groups is 1. The summed E-state index contributed by atoms with van der Waals surface area (Å²) in [6.45, 7) is 3.03. The highest BCUT2D eigenvalue weighted by atomic mass is 32.1. The standard InChI is InChI=1S/C19H28N4S/c24-19(20-15-16-7-3-1-4-8-16)22-21-17-11-13-23(14-12-17)18-9-5-2-6-10-18/h1,3-4,7-8,18H,2,5-6,9-15H2,(H2,20,22,24). The van der Waals surface area contributed by atoms with E-state index in [4.69, 9.17) is 12.2 Å². The first-order chi connectivity index (χ1) is 11.8. The van der Waals surface area contributed by atoms with Crippen LogP contribution in [0.15, 0.2) is 35.4 Å². The quantitative estimate of drug-likeness (QED) is 0.648.